The van der Waals surface area contributed by atoms with E-state index in [0.29, 0.717) is 17.2 Å². The lowest BCUT2D eigenvalue weighted by molar-refractivity contribution is 0.673. The normalized spacial score (nSPS) is 14.0. The highest BCUT2D eigenvalue weighted by atomic mass is 15.2. The molecule has 8 heteroatoms. The largest absolute Gasteiger partial charge is 0.344 e. The molecule has 1 atom stereocenters. The molecule has 0 fully saturated rings. The number of pyridine rings is 3. The van der Waals surface area contributed by atoms with Gasteiger partial charge in [-0.05, 0) is 60.7 Å². The molecule has 12 rings (SSSR count). The maximum absolute atomic E-state index is 5.26. The first-order valence-corrected chi connectivity index (χ1v) is 20.7. The summed E-state index contributed by atoms with van der Waals surface area (Å²) in [6.45, 7) is 0. The molecule has 62 heavy (non-hydrogen) atoms. The molecule has 1 aliphatic heterocycles. The van der Waals surface area contributed by atoms with Gasteiger partial charge in [0.05, 0.1) is 68.6 Å². The molecular formula is C54H36N8. The first-order valence-electron chi connectivity index (χ1n) is 20.7. The summed E-state index contributed by atoms with van der Waals surface area (Å²) in [6, 6.07) is 66.8. The molecule has 0 amide bonds. The maximum atomic E-state index is 5.26. The second-order valence-electron chi connectivity index (χ2n) is 15.4. The van der Waals surface area contributed by atoms with Gasteiger partial charge in [-0.3, -0.25) is 9.97 Å². The predicted molar refractivity (Wildman–Crippen MR) is 251 cm³/mol. The summed E-state index contributed by atoms with van der Waals surface area (Å²) in [6.07, 6.45) is 3.39. The summed E-state index contributed by atoms with van der Waals surface area (Å²) >= 11 is 0. The third-order valence-corrected chi connectivity index (χ3v) is 11.7. The van der Waals surface area contributed by atoms with Crippen LogP contribution in [0.1, 0.15) is 22.9 Å². The molecule has 0 spiro atoms. The molecular weight excluding hydrogens is 761 g/mol. The molecule has 0 aliphatic carbocycles. The van der Waals surface area contributed by atoms with Gasteiger partial charge in [-0.25, -0.2) is 15.0 Å². The summed E-state index contributed by atoms with van der Waals surface area (Å²) in [7, 11) is 0. The van der Waals surface area contributed by atoms with E-state index in [1.54, 1.807) is 0 Å². The minimum absolute atomic E-state index is 0.479. The molecule has 6 aromatic carbocycles. The minimum Gasteiger partial charge on any atom is -0.344 e. The van der Waals surface area contributed by atoms with Crippen LogP contribution in [0.3, 0.4) is 0 Å². The highest BCUT2D eigenvalue weighted by Crippen LogP contribution is 2.35. The van der Waals surface area contributed by atoms with Crippen LogP contribution in [-0.4, -0.2) is 35.8 Å². The molecule has 6 heterocycles. The van der Waals surface area contributed by atoms with Crippen molar-refractivity contribution in [3.63, 3.8) is 0 Å². The average molecular weight is 797 g/mol. The van der Waals surface area contributed by atoms with Crippen LogP contribution < -0.4 is 5.32 Å². The van der Waals surface area contributed by atoms with E-state index in [1.807, 2.05) is 60.9 Å². The van der Waals surface area contributed by atoms with Crippen molar-refractivity contribution in [2.75, 3.05) is 0 Å². The highest BCUT2D eigenvalue weighted by molar-refractivity contribution is 6.13. The SMILES string of the molecule is c1ccc(C2=NC(c3cc(-c4ccc(-n5c6ccccc6c6ccccc65)cn4)nc(-c4ccc(-n5c6ccccc6c6ccccc65)cn4)c3)NC(c3ccccc3)=N2)cc1. The van der Waals surface area contributed by atoms with Gasteiger partial charge >= 0.3 is 0 Å². The van der Waals surface area contributed by atoms with Crippen molar-refractivity contribution in [1.29, 1.82) is 0 Å². The molecule has 8 nitrogen and oxygen atoms in total. The Morgan fingerprint density at radius 3 is 1.26 bits per heavy atom. The number of hydrogen-bond donors (Lipinski definition) is 1. The molecule has 0 radical (unpaired) electrons. The fourth-order valence-corrected chi connectivity index (χ4v) is 8.79. The van der Waals surface area contributed by atoms with Crippen LogP contribution in [-0.2, 0) is 0 Å². The first kappa shape index (κ1) is 35.5. The van der Waals surface area contributed by atoms with E-state index in [2.05, 4.69) is 160 Å². The summed E-state index contributed by atoms with van der Waals surface area (Å²) in [5.74, 6) is 1.39. The smallest absolute Gasteiger partial charge is 0.159 e. The van der Waals surface area contributed by atoms with Crippen LogP contribution in [0.15, 0.2) is 217 Å². The van der Waals surface area contributed by atoms with E-state index >= 15 is 0 Å². The lowest BCUT2D eigenvalue weighted by atomic mass is 10.1. The molecule has 1 N–H and O–H groups in total. The second kappa shape index (κ2) is 14.7. The van der Waals surface area contributed by atoms with Crippen LogP contribution in [0.4, 0.5) is 0 Å². The van der Waals surface area contributed by atoms with Crippen molar-refractivity contribution < 1.29 is 0 Å². The lowest BCUT2D eigenvalue weighted by Gasteiger charge is -2.24. The predicted octanol–water partition coefficient (Wildman–Crippen LogP) is 11.9. The number of nitrogens with zero attached hydrogens (tertiary/aromatic N) is 7. The Morgan fingerprint density at radius 2 is 0.823 bits per heavy atom. The Balaban J connectivity index is 0.992. The molecule has 11 aromatic rings. The van der Waals surface area contributed by atoms with Crippen molar-refractivity contribution in [2.24, 2.45) is 9.98 Å². The number of hydrogen-bond acceptors (Lipinski definition) is 6. The average Bonchev–Trinajstić information content (AvgIpc) is 3.87. The van der Waals surface area contributed by atoms with Gasteiger partial charge in [-0.1, -0.05) is 133 Å². The quantitative estimate of drug-likeness (QED) is 0.174. The summed E-state index contributed by atoms with van der Waals surface area (Å²) < 4.78 is 4.55. The molecule has 5 aromatic heterocycles. The number of benzene rings is 6. The topological polar surface area (TPSA) is 85.3 Å². The number of nitrogens with one attached hydrogen (secondary N) is 1. The summed E-state index contributed by atoms with van der Waals surface area (Å²) in [5, 5.41) is 8.47. The molecule has 292 valence electrons. The summed E-state index contributed by atoms with van der Waals surface area (Å²) in [4.78, 5) is 25.7. The van der Waals surface area contributed by atoms with Gasteiger partial charge in [0.15, 0.2) is 5.84 Å². The van der Waals surface area contributed by atoms with E-state index in [0.717, 1.165) is 67.4 Å². The van der Waals surface area contributed by atoms with Crippen LogP contribution in [0, 0.1) is 0 Å². The standard InChI is InChI=1S/C54H36N8/c1-3-15-35(16-4-1)52-58-53(36-17-5-2-6-18-36)60-54(59-52)37-31-46(44-29-27-38(33-55-44)61-48-23-11-7-19-40(48)41-20-8-12-24-49(41)61)57-47(32-37)45-30-28-39(34-56-45)62-50-25-13-9-21-42(50)43-22-10-14-26-51(43)62/h1-34,54H,(H,58,59,60). The molecule has 1 unspecified atom stereocenters. The highest BCUT2D eigenvalue weighted by Gasteiger charge is 2.24. The molecule has 0 saturated heterocycles. The fraction of sp³-hybridized carbons (Fsp3) is 0.0185. The van der Waals surface area contributed by atoms with Crippen LogP contribution in [0.5, 0.6) is 0 Å². The van der Waals surface area contributed by atoms with Crippen LogP contribution in [0.2, 0.25) is 0 Å². The monoisotopic (exact) mass is 796 g/mol. The second-order valence-corrected chi connectivity index (χ2v) is 15.4. The zero-order valence-corrected chi connectivity index (χ0v) is 33.3. The Hall–Kier alpha value is -8.49. The van der Waals surface area contributed by atoms with Crippen molar-refractivity contribution >= 4 is 55.3 Å². The number of aliphatic imine (C=N–C) groups is 2. The molecule has 0 saturated carbocycles. The van der Waals surface area contributed by atoms with Crippen molar-refractivity contribution in [1.82, 2.24) is 29.4 Å². The minimum atomic E-state index is -0.479. The maximum Gasteiger partial charge on any atom is 0.159 e. The molecule has 0 bridgehead atoms. The Kier molecular flexibility index (Phi) is 8.38. The number of para-hydroxylation sites is 4. The lowest BCUT2D eigenvalue weighted by Crippen LogP contribution is -2.33. The third-order valence-electron chi connectivity index (χ3n) is 11.7. The number of fused-ring (bicyclic) bond motifs is 6. The van der Waals surface area contributed by atoms with Crippen LogP contribution in [0.25, 0.3) is 77.8 Å². The number of rotatable bonds is 7. The zero-order valence-electron chi connectivity index (χ0n) is 33.3. The van der Waals surface area contributed by atoms with Gasteiger partial charge in [0.1, 0.15) is 12.0 Å². The number of aromatic nitrogens is 5. The van der Waals surface area contributed by atoms with Crippen molar-refractivity contribution in [3.8, 4) is 34.2 Å². The van der Waals surface area contributed by atoms with Gasteiger partial charge in [-0.2, -0.15) is 0 Å². The Morgan fingerprint density at radius 1 is 0.403 bits per heavy atom. The van der Waals surface area contributed by atoms with E-state index in [9.17, 15) is 0 Å². The fourth-order valence-electron chi connectivity index (χ4n) is 8.79. The Bertz CT molecular complexity index is 3250. The van der Waals surface area contributed by atoms with Gasteiger partial charge in [0, 0.05) is 38.2 Å². The van der Waals surface area contributed by atoms with E-state index in [-0.39, 0.29) is 0 Å². The van der Waals surface area contributed by atoms with Gasteiger partial charge < -0.3 is 14.5 Å². The summed E-state index contributed by atoms with van der Waals surface area (Å²) in [5.41, 5.74) is 12.2. The van der Waals surface area contributed by atoms with E-state index < -0.39 is 6.17 Å². The first-order chi connectivity index (χ1) is 30.7. The van der Waals surface area contributed by atoms with Crippen molar-refractivity contribution in [3.05, 3.63) is 223 Å². The van der Waals surface area contributed by atoms with Gasteiger partial charge in [0.2, 0.25) is 0 Å². The van der Waals surface area contributed by atoms with Gasteiger partial charge in [-0.15, -0.1) is 0 Å². The van der Waals surface area contributed by atoms with E-state index in [1.165, 1.54) is 21.5 Å². The van der Waals surface area contributed by atoms with Crippen molar-refractivity contribution in [2.45, 2.75) is 6.17 Å². The molecule has 1 aliphatic rings. The zero-order chi connectivity index (χ0) is 41.0. The van der Waals surface area contributed by atoms with Crippen LogP contribution >= 0.6 is 0 Å². The van der Waals surface area contributed by atoms with Gasteiger partial charge in [0.25, 0.3) is 0 Å². The Labute approximate surface area is 356 Å². The third kappa shape index (κ3) is 6.04. The van der Waals surface area contributed by atoms with E-state index in [4.69, 9.17) is 24.9 Å². The number of amidine groups is 2.